The minimum atomic E-state index is -1.14. The van der Waals surface area contributed by atoms with E-state index >= 15 is 0 Å². The van der Waals surface area contributed by atoms with Crippen LogP contribution in [-0.2, 0) is 6.42 Å². The summed E-state index contributed by atoms with van der Waals surface area (Å²) in [5, 5.41) is 18.2. The normalized spacial score (nSPS) is 10.0. The van der Waals surface area contributed by atoms with E-state index in [-0.39, 0.29) is 11.3 Å². The Labute approximate surface area is 115 Å². The molecule has 0 saturated heterocycles. The molecule has 2 rings (SSSR count). The molecule has 0 spiro atoms. The quantitative estimate of drug-likeness (QED) is 0.833. The van der Waals surface area contributed by atoms with Gasteiger partial charge in [0.2, 0.25) is 0 Å². The minimum absolute atomic E-state index is 0.000129. The van der Waals surface area contributed by atoms with Gasteiger partial charge in [0.15, 0.2) is 6.29 Å². The van der Waals surface area contributed by atoms with Crippen molar-refractivity contribution in [2.24, 2.45) is 0 Å². The molecular formula is C15H12N2O3. The Hall–Kier alpha value is -2.87. The maximum atomic E-state index is 11.3. The van der Waals surface area contributed by atoms with E-state index in [4.69, 9.17) is 5.26 Å². The number of hydrogen-bond donors (Lipinski definition) is 2. The third-order valence-corrected chi connectivity index (χ3v) is 3.10. The van der Waals surface area contributed by atoms with Crippen LogP contribution < -0.4 is 0 Å². The summed E-state index contributed by atoms with van der Waals surface area (Å²) in [6.45, 7) is 1.82. The Morgan fingerprint density at radius 2 is 2.25 bits per heavy atom. The fraction of sp³-hybridized carbons (Fsp3) is 0.133. The second-order valence-corrected chi connectivity index (χ2v) is 4.24. The highest BCUT2D eigenvalue weighted by molar-refractivity contribution is 6.00. The fourth-order valence-corrected chi connectivity index (χ4v) is 2.24. The van der Waals surface area contributed by atoms with Crippen molar-refractivity contribution in [1.82, 2.24) is 4.98 Å². The number of hydrogen-bond acceptors (Lipinski definition) is 3. The monoisotopic (exact) mass is 268 g/mol. The van der Waals surface area contributed by atoms with Gasteiger partial charge in [-0.05, 0) is 29.7 Å². The second-order valence-electron chi connectivity index (χ2n) is 4.24. The van der Waals surface area contributed by atoms with Crippen LogP contribution in [0.4, 0.5) is 0 Å². The number of carboxylic acids is 1. The van der Waals surface area contributed by atoms with Crippen molar-refractivity contribution in [2.75, 3.05) is 0 Å². The summed E-state index contributed by atoms with van der Waals surface area (Å²) in [4.78, 5) is 25.2. The van der Waals surface area contributed by atoms with Gasteiger partial charge in [0.1, 0.15) is 0 Å². The predicted molar refractivity (Wildman–Crippen MR) is 72.7 cm³/mol. The lowest BCUT2D eigenvalue weighted by atomic mass is 10.0. The van der Waals surface area contributed by atoms with Crippen LogP contribution in [0.15, 0.2) is 24.3 Å². The summed E-state index contributed by atoms with van der Waals surface area (Å²) in [5.41, 5.74) is 2.35. The summed E-state index contributed by atoms with van der Waals surface area (Å²) in [7, 11) is 0. The highest BCUT2D eigenvalue weighted by atomic mass is 16.4. The van der Waals surface area contributed by atoms with Crippen molar-refractivity contribution in [3.05, 3.63) is 46.6 Å². The second kappa shape index (κ2) is 5.41. The lowest BCUT2D eigenvalue weighted by molar-refractivity contribution is 0.0693. The van der Waals surface area contributed by atoms with Gasteiger partial charge in [0, 0.05) is 0 Å². The third-order valence-electron chi connectivity index (χ3n) is 3.10. The molecule has 1 aromatic heterocycles. The number of carboxylic acid groups (broad SMARTS) is 1. The Kier molecular flexibility index (Phi) is 3.67. The Balaban J connectivity index is 2.71. The molecule has 0 atom stereocenters. The average molecular weight is 268 g/mol. The van der Waals surface area contributed by atoms with Crippen LogP contribution >= 0.6 is 0 Å². The smallest absolute Gasteiger partial charge is 0.338 e. The van der Waals surface area contributed by atoms with E-state index in [0.717, 1.165) is 0 Å². The van der Waals surface area contributed by atoms with Gasteiger partial charge >= 0.3 is 5.97 Å². The first-order valence-electron chi connectivity index (χ1n) is 6.06. The minimum Gasteiger partial charge on any atom is -0.478 e. The van der Waals surface area contributed by atoms with E-state index in [1.165, 1.54) is 0 Å². The lowest BCUT2D eigenvalue weighted by Crippen LogP contribution is -2.02. The molecule has 0 fully saturated rings. The van der Waals surface area contributed by atoms with E-state index in [1.54, 1.807) is 24.3 Å². The largest absolute Gasteiger partial charge is 0.478 e. The summed E-state index contributed by atoms with van der Waals surface area (Å²) in [5.74, 6) is -1.14. The Bertz CT molecular complexity index is 723. The molecule has 0 unspecified atom stereocenters. The lowest BCUT2D eigenvalue weighted by Gasteiger charge is -2.03. The zero-order chi connectivity index (χ0) is 14.7. The van der Waals surface area contributed by atoms with Crippen molar-refractivity contribution in [3.8, 4) is 17.3 Å². The van der Waals surface area contributed by atoms with Gasteiger partial charge in [-0.3, -0.25) is 4.79 Å². The molecule has 0 saturated carbocycles. The number of aromatic carboxylic acids is 1. The molecule has 0 radical (unpaired) electrons. The van der Waals surface area contributed by atoms with Gasteiger partial charge < -0.3 is 10.1 Å². The molecule has 0 bridgehead atoms. The zero-order valence-electron chi connectivity index (χ0n) is 10.8. The summed E-state index contributed by atoms with van der Waals surface area (Å²) < 4.78 is 0. The number of nitrogens with zero attached hydrogens (tertiary/aromatic N) is 1. The Morgan fingerprint density at radius 3 is 2.80 bits per heavy atom. The molecule has 20 heavy (non-hydrogen) atoms. The first kappa shape index (κ1) is 13.6. The maximum Gasteiger partial charge on any atom is 0.338 e. The van der Waals surface area contributed by atoms with Crippen molar-refractivity contribution in [1.29, 1.82) is 5.26 Å². The van der Waals surface area contributed by atoms with Crippen LogP contribution in [0.1, 0.15) is 38.9 Å². The molecule has 5 nitrogen and oxygen atoms in total. The van der Waals surface area contributed by atoms with Crippen LogP contribution in [0.3, 0.4) is 0 Å². The predicted octanol–water partition coefficient (Wildman–Crippen LogP) is 2.63. The van der Waals surface area contributed by atoms with E-state index in [1.807, 2.05) is 13.0 Å². The summed E-state index contributed by atoms with van der Waals surface area (Å²) in [6, 6.07) is 8.84. The SMILES string of the molecule is CCc1c(-c2cccc(C#N)c2)[nH]c(C=O)c1C(=O)O. The van der Waals surface area contributed by atoms with Gasteiger partial charge in [-0.25, -0.2) is 4.79 Å². The summed E-state index contributed by atoms with van der Waals surface area (Å²) in [6.07, 6.45) is 0.971. The Morgan fingerprint density at radius 1 is 1.50 bits per heavy atom. The number of rotatable bonds is 4. The maximum absolute atomic E-state index is 11.3. The zero-order valence-corrected chi connectivity index (χ0v) is 10.8. The fourth-order valence-electron chi connectivity index (χ4n) is 2.24. The first-order valence-corrected chi connectivity index (χ1v) is 6.06. The number of carbonyl (C=O) groups excluding carboxylic acids is 1. The van der Waals surface area contributed by atoms with Crippen LogP contribution in [0, 0.1) is 11.3 Å². The molecule has 0 aliphatic heterocycles. The van der Waals surface area contributed by atoms with Crippen molar-refractivity contribution in [3.63, 3.8) is 0 Å². The van der Waals surface area contributed by atoms with Crippen LogP contribution in [0.5, 0.6) is 0 Å². The van der Waals surface area contributed by atoms with E-state index < -0.39 is 5.97 Å². The van der Waals surface area contributed by atoms with E-state index in [9.17, 15) is 14.7 Å². The molecule has 1 heterocycles. The number of carbonyl (C=O) groups is 2. The first-order chi connectivity index (χ1) is 9.62. The molecule has 0 amide bonds. The molecule has 0 aliphatic rings. The highest BCUT2D eigenvalue weighted by Gasteiger charge is 2.22. The van der Waals surface area contributed by atoms with Crippen molar-refractivity contribution < 1.29 is 14.7 Å². The van der Waals surface area contributed by atoms with Crippen LogP contribution in [-0.4, -0.2) is 22.3 Å². The number of H-pyrrole nitrogens is 1. The van der Waals surface area contributed by atoms with Crippen LogP contribution in [0.25, 0.3) is 11.3 Å². The standard InChI is InChI=1S/C15H12N2O3/c1-2-11-13(15(19)20)12(8-18)17-14(11)10-5-3-4-9(6-10)7-16/h3-6,8,17H,2H2,1H3,(H,19,20). The van der Waals surface area contributed by atoms with Crippen LogP contribution in [0.2, 0.25) is 0 Å². The number of aromatic nitrogens is 1. The molecule has 1 aromatic carbocycles. The molecule has 5 heteroatoms. The number of aromatic amines is 1. The van der Waals surface area contributed by atoms with Crippen molar-refractivity contribution in [2.45, 2.75) is 13.3 Å². The third kappa shape index (κ3) is 2.19. The highest BCUT2D eigenvalue weighted by Crippen LogP contribution is 2.29. The van der Waals surface area contributed by atoms with Gasteiger partial charge in [-0.15, -0.1) is 0 Å². The number of benzene rings is 1. The van der Waals surface area contributed by atoms with Gasteiger partial charge in [-0.1, -0.05) is 19.1 Å². The number of nitrogens with one attached hydrogen (secondary N) is 1. The topological polar surface area (TPSA) is 94.0 Å². The molecule has 100 valence electrons. The van der Waals surface area contributed by atoms with Crippen molar-refractivity contribution >= 4 is 12.3 Å². The van der Waals surface area contributed by atoms with Gasteiger partial charge in [-0.2, -0.15) is 5.26 Å². The number of nitriles is 1. The molecule has 2 aromatic rings. The summed E-state index contributed by atoms with van der Waals surface area (Å²) >= 11 is 0. The number of aldehydes is 1. The van der Waals surface area contributed by atoms with E-state index in [0.29, 0.717) is 35.1 Å². The van der Waals surface area contributed by atoms with Gasteiger partial charge in [0.25, 0.3) is 0 Å². The van der Waals surface area contributed by atoms with E-state index in [2.05, 4.69) is 4.98 Å². The molecule has 0 aliphatic carbocycles. The van der Waals surface area contributed by atoms with Gasteiger partial charge in [0.05, 0.1) is 28.6 Å². The average Bonchev–Trinajstić information content (AvgIpc) is 2.86. The molecule has 2 N–H and O–H groups in total. The molecular weight excluding hydrogens is 256 g/mol.